The maximum Gasteiger partial charge on any atom is 0.267 e. The Morgan fingerprint density at radius 3 is 2.88 bits per heavy atom. The lowest BCUT2D eigenvalue weighted by molar-refractivity contribution is 0.644. The monoisotopic (exact) mass is 235 g/mol. The van der Waals surface area contributed by atoms with Crippen molar-refractivity contribution < 1.29 is 0 Å². The molecule has 5 heteroatoms. The van der Waals surface area contributed by atoms with E-state index in [9.17, 15) is 4.79 Å². The molecule has 0 aliphatic rings. The van der Waals surface area contributed by atoms with Gasteiger partial charge in [-0.25, -0.2) is 4.68 Å². The molecule has 0 bridgehead atoms. The molecule has 4 nitrogen and oxygen atoms in total. The van der Waals surface area contributed by atoms with Gasteiger partial charge in [0.2, 0.25) is 0 Å². The lowest BCUT2D eigenvalue weighted by Gasteiger charge is -2.05. The summed E-state index contributed by atoms with van der Waals surface area (Å²) in [6.07, 6.45) is 0. The highest BCUT2D eigenvalue weighted by Gasteiger charge is 2.00. The summed E-state index contributed by atoms with van der Waals surface area (Å²) >= 11 is 5.85. The fraction of sp³-hybridized carbons (Fsp3) is 0.0909. The Bertz CT molecular complexity index is 565. The Balaban J connectivity index is 2.34. The Labute approximate surface area is 97.3 Å². The second kappa shape index (κ2) is 4.37. The van der Waals surface area contributed by atoms with Crippen molar-refractivity contribution >= 4 is 17.4 Å². The Hall–Kier alpha value is -1.81. The number of aromatic nitrogens is 2. The van der Waals surface area contributed by atoms with Gasteiger partial charge in [0.05, 0.1) is 6.54 Å². The quantitative estimate of drug-likeness (QED) is 0.859. The third-order valence-electron chi connectivity index (χ3n) is 2.11. The second-order valence-electron chi connectivity index (χ2n) is 3.38. The predicted octanol–water partition coefficient (Wildman–Crippen LogP) is 1.53. The smallest absolute Gasteiger partial charge is 0.267 e. The molecule has 0 radical (unpaired) electrons. The highest BCUT2D eigenvalue weighted by Crippen LogP contribution is 2.10. The molecule has 1 aromatic heterocycles. The zero-order valence-corrected chi connectivity index (χ0v) is 9.19. The number of nitrogens with two attached hydrogens (primary N) is 1. The number of anilines is 1. The highest BCUT2D eigenvalue weighted by molar-refractivity contribution is 6.30. The van der Waals surface area contributed by atoms with Crippen LogP contribution in [0.15, 0.2) is 41.2 Å². The fourth-order valence-electron chi connectivity index (χ4n) is 1.39. The molecule has 0 saturated heterocycles. The van der Waals surface area contributed by atoms with Crippen molar-refractivity contribution in [1.29, 1.82) is 0 Å². The minimum absolute atomic E-state index is 0.186. The molecule has 2 rings (SSSR count). The van der Waals surface area contributed by atoms with E-state index in [4.69, 9.17) is 17.3 Å². The molecule has 1 heterocycles. The number of halogens is 1. The first-order valence-corrected chi connectivity index (χ1v) is 5.11. The van der Waals surface area contributed by atoms with E-state index >= 15 is 0 Å². The lowest BCUT2D eigenvalue weighted by atomic mass is 10.2. The summed E-state index contributed by atoms with van der Waals surface area (Å²) in [5.41, 5.74) is 6.24. The number of benzene rings is 1. The second-order valence-corrected chi connectivity index (χ2v) is 3.82. The van der Waals surface area contributed by atoms with Crippen LogP contribution in [0.1, 0.15) is 5.56 Å². The molecule has 1 aromatic carbocycles. The van der Waals surface area contributed by atoms with Gasteiger partial charge >= 0.3 is 0 Å². The zero-order valence-electron chi connectivity index (χ0n) is 8.43. The Kier molecular flexibility index (Phi) is 2.92. The maximum absolute atomic E-state index is 11.5. The van der Waals surface area contributed by atoms with Crippen molar-refractivity contribution in [3.8, 4) is 0 Å². The van der Waals surface area contributed by atoms with E-state index in [1.165, 1.54) is 16.8 Å². The van der Waals surface area contributed by atoms with Crippen LogP contribution >= 0.6 is 11.6 Å². The van der Waals surface area contributed by atoms with E-state index in [0.717, 1.165) is 5.56 Å². The zero-order chi connectivity index (χ0) is 11.5. The van der Waals surface area contributed by atoms with Gasteiger partial charge in [0, 0.05) is 11.1 Å². The van der Waals surface area contributed by atoms with Crippen LogP contribution in [0, 0.1) is 0 Å². The van der Waals surface area contributed by atoms with Gasteiger partial charge in [-0.15, -0.1) is 0 Å². The molecule has 0 amide bonds. The van der Waals surface area contributed by atoms with Crippen LogP contribution in [-0.2, 0) is 6.54 Å². The molecule has 0 fully saturated rings. The molecule has 0 unspecified atom stereocenters. The highest BCUT2D eigenvalue weighted by atomic mass is 35.5. The van der Waals surface area contributed by atoms with Crippen LogP contribution in [0.3, 0.4) is 0 Å². The third kappa shape index (κ3) is 2.41. The molecule has 0 saturated carbocycles. The first-order valence-electron chi connectivity index (χ1n) is 4.73. The van der Waals surface area contributed by atoms with E-state index in [-0.39, 0.29) is 5.56 Å². The van der Waals surface area contributed by atoms with Crippen molar-refractivity contribution in [3.63, 3.8) is 0 Å². The fourth-order valence-corrected chi connectivity index (χ4v) is 1.60. The molecule has 0 aliphatic heterocycles. The average molecular weight is 236 g/mol. The van der Waals surface area contributed by atoms with Gasteiger partial charge in [0.25, 0.3) is 5.56 Å². The number of rotatable bonds is 2. The molecule has 16 heavy (non-hydrogen) atoms. The van der Waals surface area contributed by atoms with E-state index in [2.05, 4.69) is 5.10 Å². The van der Waals surface area contributed by atoms with Gasteiger partial charge < -0.3 is 5.73 Å². The molecule has 0 aliphatic carbocycles. The average Bonchev–Trinajstić information content (AvgIpc) is 2.24. The minimum Gasteiger partial charge on any atom is -0.382 e. The molecular weight excluding hydrogens is 226 g/mol. The number of nitrogen functional groups attached to an aromatic ring is 1. The Morgan fingerprint density at radius 2 is 2.12 bits per heavy atom. The molecule has 82 valence electrons. The summed E-state index contributed by atoms with van der Waals surface area (Å²) in [6, 6.07) is 10.2. The summed E-state index contributed by atoms with van der Waals surface area (Å²) < 4.78 is 1.31. The predicted molar refractivity (Wildman–Crippen MR) is 63.5 cm³/mol. The summed E-state index contributed by atoms with van der Waals surface area (Å²) in [7, 11) is 0. The topological polar surface area (TPSA) is 60.9 Å². The standard InChI is InChI=1S/C11H10ClN3O/c12-9-3-1-2-8(6-9)7-15-11(16)5-4-10(13)14-15/h1-6H,7H2,(H2,13,14). The molecule has 0 atom stereocenters. The van der Waals surface area contributed by atoms with Gasteiger partial charge in [-0.1, -0.05) is 23.7 Å². The molecule has 0 spiro atoms. The van der Waals surface area contributed by atoms with Crippen molar-refractivity contribution in [2.45, 2.75) is 6.54 Å². The minimum atomic E-state index is -0.186. The summed E-state index contributed by atoms with van der Waals surface area (Å²) in [5.74, 6) is 0.321. The van der Waals surface area contributed by atoms with Crippen LogP contribution < -0.4 is 11.3 Å². The van der Waals surface area contributed by atoms with Gasteiger partial charge in [-0.05, 0) is 23.8 Å². The van der Waals surface area contributed by atoms with Crippen LogP contribution in [0.4, 0.5) is 5.82 Å². The van der Waals surface area contributed by atoms with E-state index in [1.807, 2.05) is 12.1 Å². The maximum atomic E-state index is 11.5. The number of hydrogen-bond acceptors (Lipinski definition) is 3. The van der Waals surface area contributed by atoms with Crippen molar-refractivity contribution in [2.24, 2.45) is 0 Å². The van der Waals surface area contributed by atoms with E-state index in [0.29, 0.717) is 17.4 Å². The van der Waals surface area contributed by atoms with E-state index < -0.39 is 0 Å². The largest absolute Gasteiger partial charge is 0.382 e. The van der Waals surface area contributed by atoms with Gasteiger partial charge in [-0.2, -0.15) is 5.10 Å². The van der Waals surface area contributed by atoms with Crippen LogP contribution in [0.5, 0.6) is 0 Å². The molecular formula is C11H10ClN3O. The van der Waals surface area contributed by atoms with Crippen molar-refractivity contribution in [3.05, 3.63) is 57.3 Å². The summed E-state index contributed by atoms with van der Waals surface area (Å²) in [4.78, 5) is 11.5. The SMILES string of the molecule is Nc1ccc(=O)n(Cc2cccc(Cl)c2)n1. The summed E-state index contributed by atoms with van der Waals surface area (Å²) in [6.45, 7) is 0.366. The normalized spacial score (nSPS) is 10.3. The number of nitrogens with zero attached hydrogens (tertiary/aromatic N) is 2. The lowest BCUT2D eigenvalue weighted by Crippen LogP contribution is -2.23. The van der Waals surface area contributed by atoms with Gasteiger partial charge in [0.15, 0.2) is 0 Å². The van der Waals surface area contributed by atoms with Gasteiger partial charge in [-0.3, -0.25) is 4.79 Å². The third-order valence-corrected chi connectivity index (χ3v) is 2.34. The van der Waals surface area contributed by atoms with Crippen molar-refractivity contribution in [1.82, 2.24) is 9.78 Å². The number of hydrogen-bond donors (Lipinski definition) is 1. The van der Waals surface area contributed by atoms with Gasteiger partial charge in [0.1, 0.15) is 5.82 Å². The van der Waals surface area contributed by atoms with Crippen LogP contribution in [0.2, 0.25) is 5.02 Å². The molecule has 2 aromatic rings. The van der Waals surface area contributed by atoms with Crippen molar-refractivity contribution in [2.75, 3.05) is 5.73 Å². The first kappa shape index (κ1) is 10.7. The first-order chi connectivity index (χ1) is 7.65. The molecule has 2 N–H and O–H groups in total. The summed E-state index contributed by atoms with van der Waals surface area (Å²) in [5, 5.41) is 4.57. The van der Waals surface area contributed by atoms with E-state index in [1.54, 1.807) is 12.1 Å². The van der Waals surface area contributed by atoms with Crippen LogP contribution in [0.25, 0.3) is 0 Å². The van der Waals surface area contributed by atoms with Crippen LogP contribution in [-0.4, -0.2) is 9.78 Å². The Morgan fingerprint density at radius 1 is 1.31 bits per heavy atom.